The molecule has 0 aliphatic heterocycles. The minimum atomic E-state index is -0.706. The summed E-state index contributed by atoms with van der Waals surface area (Å²) in [6, 6.07) is 5.84. The number of nitrogens with one attached hydrogen (secondary N) is 1. The Kier molecular flexibility index (Phi) is 3.51. The maximum atomic E-state index is 11.8. The van der Waals surface area contributed by atoms with E-state index in [4.69, 9.17) is 16.0 Å². The predicted octanol–water partition coefficient (Wildman–Crippen LogP) is 2.42. The Labute approximate surface area is 128 Å². The van der Waals surface area contributed by atoms with Gasteiger partial charge in [0.25, 0.3) is 5.91 Å². The second kappa shape index (κ2) is 5.49. The number of hydrogen-bond acceptors (Lipinski definition) is 5. The number of imidazole rings is 1. The Hall–Kier alpha value is -2.87. The Morgan fingerprint density at radius 3 is 2.91 bits per heavy atom. The first kappa shape index (κ1) is 14.1. The SMILES string of the molecule is O=C(NCc1cn2cc(Cl)ccc2n1)c1ccc([N+](=O)[O-])o1. The van der Waals surface area contributed by atoms with Crippen molar-refractivity contribution >= 4 is 29.0 Å². The zero-order valence-corrected chi connectivity index (χ0v) is 11.8. The van der Waals surface area contributed by atoms with Gasteiger partial charge in [0.2, 0.25) is 0 Å². The van der Waals surface area contributed by atoms with Gasteiger partial charge < -0.3 is 14.1 Å². The van der Waals surface area contributed by atoms with Crippen molar-refractivity contribution in [3.05, 3.63) is 63.3 Å². The van der Waals surface area contributed by atoms with Gasteiger partial charge in [0.15, 0.2) is 5.76 Å². The molecule has 0 saturated carbocycles. The highest BCUT2D eigenvalue weighted by molar-refractivity contribution is 6.30. The first-order valence-corrected chi connectivity index (χ1v) is 6.56. The van der Waals surface area contributed by atoms with Crippen LogP contribution in [-0.4, -0.2) is 20.2 Å². The zero-order chi connectivity index (χ0) is 15.7. The third kappa shape index (κ3) is 2.77. The van der Waals surface area contributed by atoms with Gasteiger partial charge in [-0.25, -0.2) is 4.98 Å². The Morgan fingerprint density at radius 1 is 1.36 bits per heavy atom. The van der Waals surface area contributed by atoms with E-state index in [-0.39, 0.29) is 12.3 Å². The number of rotatable bonds is 4. The van der Waals surface area contributed by atoms with Crippen LogP contribution in [0.5, 0.6) is 0 Å². The quantitative estimate of drug-likeness (QED) is 0.587. The fourth-order valence-electron chi connectivity index (χ4n) is 1.91. The van der Waals surface area contributed by atoms with Crippen LogP contribution < -0.4 is 5.32 Å². The third-order valence-corrected chi connectivity index (χ3v) is 3.11. The molecular formula is C13H9ClN4O4. The van der Waals surface area contributed by atoms with E-state index in [1.165, 1.54) is 6.07 Å². The lowest BCUT2D eigenvalue weighted by Crippen LogP contribution is -2.22. The summed E-state index contributed by atoms with van der Waals surface area (Å²) >= 11 is 5.88. The van der Waals surface area contributed by atoms with Gasteiger partial charge in [-0.1, -0.05) is 11.6 Å². The first-order valence-electron chi connectivity index (χ1n) is 6.18. The molecular weight excluding hydrogens is 312 g/mol. The predicted molar refractivity (Wildman–Crippen MR) is 76.7 cm³/mol. The number of halogens is 1. The maximum Gasteiger partial charge on any atom is 0.433 e. The van der Waals surface area contributed by atoms with Gasteiger partial charge >= 0.3 is 5.88 Å². The van der Waals surface area contributed by atoms with Gasteiger partial charge in [0.1, 0.15) is 10.6 Å². The van der Waals surface area contributed by atoms with E-state index in [0.717, 1.165) is 6.07 Å². The van der Waals surface area contributed by atoms with Crippen LogP contribution in [0.2, 0.25) is 5.02 Å². The normalized spacial score (nSPS) is 10.8. The minimum absolute atomic E-state index is 0.126. The molecule has 1 N–H and O–H groups in total. The van der Waals surface area contributed by atoms with Crippen molar-refractivity contribution in [2.75, 3.05) is 0 Å². The molecule has 0 spiro atoms. The summed E-state index contributed by atoms with van der Waals surface area (Å²) < 4.78 is 6.55. The van der Waals surface area contributed by atoms with Gasteiger partial charge in [-0.3, -0.25) is 14.9 Å². The average molecular weight is 321 g/mol. The monoisotopic (exact) mass is 320 g/mol. The Balaban J connectivity index is 1.70. The average Bonchev–Trinajstić information content (AvgIpc) is 3.10. The molecule has 112 valence electrons. The lowest BCUT2D eigenvalue weighted by atomic mass is 10.4. The Morgan fingerprint density at radius 2 is 2.18 bits per heavy atom. The van der Waals surface area contributed by atoms with E-state index in [2.05, 4.69) is 10.3 Å². The van der Waals surface area contributed by atoms with Crippen molar-refractivity contribution in [2.45, 2.75) is 6.54 Å². The minimum Gasteiger partial charge on any atom is -0.395 e. The molecule has 1 amide bonds. The number of nitro groups is 1. The molecule has 0 saturated heterocycles. The molecule has 9 heteroatoms. The fraction of sp³-hybridized carbons (Fsp3) is 0.0769. The second-order valence-electron chi connectivity index (χ2n) is 4.42. The van der Waals surface area contributed by atoms with Crippen LogP contribution in [0, 0.1) is 10.1 Å². The van der Waals surface area contributed by atoms with E-state index >= 15 is 0 Å². The highest BCUT2D eigenvalue weighted by atomic mass is 35.5. The summed E-state index contributed by atoms with van der Waals surface area (Å²) in [5.41, 5.74) is 1.32. The van der Waals surface area contributed by atoms with Crippen molar-refractivity contribution in [2.24, 2.45) is 0 Å². The van der Waals surface area contributed by atoms with Crippen LogP contribution in [-0.2, 0) is 6.54 Å². The van der Waals surface area contributed by atoms with E-state index in [9.17, 15) is 14.9 Å². The lowest BCUT2D eigenvalue weighted by Gasteiger charge is -1.99. The number of aromatic nitrogens is 2. The number of carbonyl (C=O) groups excluding carboxylic acids is 1. The van der Waals surface area contributed by atoms with Gasteiger partial charge in [-0.15, -0.1) is 0 Å². The molecule has 0 atom stereocenters. The summed E-state index contributed by atoms with van der Waals surface area (Å²) in [6.45, 7) is 0.159. The van der Waals surface area contributed by atoms with E-state index in [1.807, 2.05) is 0 Å². The largest absolute Gasteiger partial charge is 0.433 e. The standard InChI is InChI=1S/C13H9ClN4O4/c14-8-1-3-11-16-9(7-17(11)6-8)5-15-13(19)10-2-4-12(22-10)18(20)21/h1-4,6-7H,5H2,(H,15,19). The topological polar surface area (TPSA) is 103 Å². The molecule has 3 aromatic heterocycles. The molecule has 3 aromatic rings. The van der Waals surface area contributed by atoms with Gasteiger partial charge in [-0.05, 0) is 18.2 Å². The van der Waals surface area contributed by atoms with Crippen molar-refractivity contribution in [3.63, 3.8) is 0 Å². The fourth-order valence-corrected chi connectivity index (χ4v) is 2.08. The van der Waals surface area contributed by atoms with Gasteiger partial charge in [0, 0.05) is 12.4 Å². The number of hydrogen-bond donors (Lipinski definition) is 1. The molecule has 0 fully saturated rings. The summed E-state index contributed by atoms with van der Waals surface area (Å²) in [7, 11) is 0. The number of furan rings is 1. The smallest absolute Gasteiger partial charge is 0.395 e. The van der Waals surface area contributed by atoms with Crippen molar-refractivity contribution in [3.8, 4) is 0 Å². The van der Waals surface area contributed by atoms with Crippen LogP contribution in [0.25, 0.3) is 5.65 Å². The van der Waals surface area contributed by atoms with E-state index in [1.54, 1.807) is 28.9 Å². The van der Waals surface area contributed by atoms with E-state index in [0.29, 0.717) is 16.4 Å². The molecule has 3 rings (SSSR count). The molecule has 8 nitrogen and oxygen atoms in total. The zero-order valence-electron chi connectivity index (χ0n) is 11.0. The van der Waals surface area contributed by atoms with E-state index < -0.39 is 16.7 Å². The molecule has 0 unspecified atom stereocenters. The van der Waals surface area contributed by atoms with Crippen molar-refractivity contribution < 1.29 is 14.1 Å². The number of carbonyl (C=O) groups is 1. The summed E-state index contributed by atoms with van der Waals surface area (Å²) in [5, 5.41) is 13.7. The van der Waals surface area contributed by atoms with Crippen molar-refractivity contribution in [1.29, 1.82) is 0 Å². The molecule has 3 heterocycles. The van der Waals surface area contributed by atoms with Gasteiger partial charge in [0.05, 0.1) is 23.3 Å². The number of amides is 1. The van der Waals surface area contributed by atoms with Crippen LogP contribution in [0.1, 0.15) is 16.2 Å². The van der Waals surface area contributed by atoms with Crippen LogP contribution in [0.4, 0.5) is 5.88 Å². The highest BCUT2D eigenvalue weighted by Gasteiger charge is 2.17. The Bertz CT molecular complexity index is 870. The summed E-state index contributed by atoms with van der Waals surface area (Å²) in [4.78, 5) is 25.9. The molecule has 22 heavy (non-hydrogen) atoms. The number of nitrogens with zero attached hydrogens (tertiary/aromatic N) is 3. The lowest BCUT2D eigenvalue weighted by molar-refractivity contribution is -0.402. The van der Waals surface area contributed by atoms with Crippen LogP contribution in [0.15, 0.2) is 41.1 Å². The maximum absolute atomic E-state index is 11.8. The second-order valence-corrected chi connectivity index (χ2v) is 4.86. The number of fused-ring (bicyclic) bond motifs is 1. The molecule has 0 aromatic carbocycles. The summed E-state index contributed by atoms with van der Waals surface area (Å²) in [6.07, 6.45) is 3.43. The van der Waals surface area contributed by atoms with Crippen LogP contribution in [0.3, 0.4) is 0 Å². The highest BCUT2D eigenvalue weighted by Crippen LogP contribution is 2.16. The van der Waals surface area contributed by atoms with Crippen molar-refractivity contribution in [1.82, 2.24) is 14.7 Å². The molecule has 0 radical (unpaired) electrons. The molecule has 0 bridgehead atoms. The van der Waals surface area contributed by atoms with Crippen LogP contribution >= 0.6 is 11.6 Å². The summed E-state index contributed by atoms with van der Waals surface area (Å²) in [5.74, 6) is -1.16. The molecule has 0 aliphatic carbocycles. The number of pyridine rings is 1. The third-order valence-electron chi connectivity index (χ3n) is 2.89. The first-order chi connectivity index (χ1) is 10.5. The molecule has 0 aliphatic rings. The van der Waals surface area contributed by atoms with Gasteiger partial charge in [-0.2, -0.15) is 0 Å².